The van der Waals surface area contributed by atoms with E-state index >= 15 is 0 Å². The first-order valence-electron chi connectivity index (χ1n) is 6.43. The van der Waals surface area contributed by atoms with E-state index in [0.29, 0.717) is 5.92 Å². The summed E-state index contributed by atoms with van der Waals surface area (Å²) >= 11 is 6.30. The Kier molecular flexibility index (Phi) is 3.09. The van der Waals surface area contributed by atoms with Gasteiger partial charge in [-0.05, 0) is 60.9 Å². The molecule has 2 aromatic rings. The maximum Gasteiger partial charge on any atom is 0.0444 e. The molecule has 92 valence electrons. The third-order valence-electron chi connectivity index (χ3n) is 3.91. The summed E-state index contributed by atoms with van der Waals surface area (Å²) in [5.41, 5.74) is 5.35. The molecule has 1 aromatic heterocycles. The Morgan fingerprint density at radius 1 is 1.22 bits per heavy atom. The predicted molar refractivity (Wildman–Crippen MR) is 75.2 cm³/mol. The summed E-state index contributed by atoms with van der Waals surface area (Å²) < 4.78 is 0. The minimum Gasteiger partial charge on any atom is -0.261 e. The molecule has 1 aromatic carbocycles. The Balaban J connectivity index is 1.94. The van der Waals surface area contributed by atoms with Crippen molar-refractivity contribution in [2.45, 2.75) is 32.1 Å². The van der Waals surface area contributed by atoms with Crippen molar-refractivity contribution in [3.8, 4) is 0 Å². The standard InChI is InChI=1S/C16H16ClN/c1-11-8-9-18-16-10-12(6-7-13(11)16)14-4-2-3-5-15(14)17/h2-5,8-9,12H,6-7,10H2,1H3. The normalized spacial score (nSPS) is 18.4. The molecule has 0 saturated carbocycles. The number of pyridine rings is 1. The first-order chi connectivity index (χ1) is 8.75. The Hall–Kier alpha value is -1.34. The zero-order chi connectivity index (χ0) is 12.5. The molecule has 1 aliphatic rings. The van der Waals surface area contributed by atoms with E-state index in [-0.39, 0.29) is 0 Å². The molecule has 0 bridgehead atoms. The van der Waals surface area contributed by atoms with Crippen LogP contribution in [0, 0.1) is 6.92 Å². The fourth-order valence-corrected chi connectivity index (χ4v) is 3.18. The van der Waals surface area contributed by atoms with E-state index in [0.717, 1.165) is 17.9 Å². The number of fused-ring (bicyclic) bond motifs is 1. The molecular weight excluding hydrogens is 242 g/mol. The summed E-state index contributed by atoms with van der Waals surface area (Å²) in [4.78, 5) is 4.54. The van der Waals surface area contributed by atoms with Crippen molar-refractivity contribution < 1.29 is 0 Å². The zero-order valence-corrected chi connectivity index (χ0v) is 11.2. The smallest absolute Gasteiger partial charge is 0.0444 e. The van der Waals surface area contributed by atoms with Crippen LogP contribution in [0.3, 0.4) is 0 Å². The summed E-state index contributed by atoms with van der Waals surface area (Å²) in [6.45, 7) is 2.18. The van der Waals surface area contributed by atoms with Crippen molar-refractivity contribution in [1.29, 1.82) is 0 Å². The van der Waals surface area contributed by atoms with Crippen LogP contribution in [0.4, 0.5) is 0 Å². The van der Waals surface area contributed by atoms with Gasteiger partial charge in [0.05, 0.1) is 0 Å². The highest BCUT2D eigenvalue weighted by Crippen LogP contribution is 2.35. The first kappa shape index (κ1) is 11.7. The largest absolute Gasteiger partial charge is 0.261 e. The first-order valence-corrected chi connectivity index (χ1v) is 6.81. The minimum absolute atomic E-state index is 0.514. The van der Waals surface area contributed by atoms with Gasteiger partial charge >= 0.3 is 0 Å². The van der Waals surface area contributed by atoms with Gasteiger partial charge < -0.3 is 0 Å². The van der Waals surface area contributed by atoms with Gasteiger partial charge in [-0.3, -0.25) is 4.98 Å². The number of nitrogens with zero attached hydrogens (tertiary/aromatic N) is 1. The highest BCUT2D eigenvalue weighted by molar-refractivity contribution is 6.31. The van der Waals surface area contributed by atoms with Crippen LogP contribution in [0.5, 0.6) is 0 Å². The topological polar surface area (TPSA) is 12.9 Å². The van der Waals surface area contributed by atoms with Gasteiger partial charge in [0.15, 0.2) is 0 Å². The maximum atomic E-state index is 6.30. The maximum absolute atomic E-state index is 6.30. The molecule has 1 aliphatic carbocycles. The Morgan fingerprint density at radius 2 is 2.06 bits per heavy atom. The molecule has 1 heterocycles. The molecule has 2 heteroatoms. The number of aromatic nitrogens is 1. The molecule has 1 nitrogen and oxygen atoms in total. The number of hydrogen-bond donors (Lipinski definition) is 0. The van der Waals surface area contributed by atoms with Crippen LogP contribution in [0.2, 0.25) is 5.02 Å². The Bertz CT molecular complexity index is 577. The average Bonchev–Trinajstić information content (AvgIpc) is 2.39. The number of rotatable bonds is 1. The van der Waals surface area contributed by atoms with Crippen molar-refractivity contribution >= 4 is 11.6 Å². The highest BCUT2D eigenvalue weighted by atomic mass is 35.5. The van der Waals surface area contributed by atoms with Gasteiger partial charge in [0, 0.05) is 16.9 Å². The van der Waals surface area contributed by atoms with Crippen LogP contribution in [0.15, 0.2) is 36.5 Å². The summed E-state index contributed by atoms with van der Waals surface area (Å²) in [6, 6.07) is 10.3. The summed E-state index contributed by atoms with van der Waals surface area (Å²) in [5, 5.41) is 0.888. The predicted octanol–water partition coefficient (Wildman–Crippen LogP) is 4.32. The van der Waals surface area contributed by atoms with E-state index in [2.05, 4.69) is 30.1 Å². The van der Waals surface area contributed by atoms with E-state index in [1.807, 2.05) is 18.3 Å². The van der Waals surface area contributed by atoms with Gasteiger partial charge in [0.25, 0.3) is 0 Å². The second-order valence-electron chi connectivity index (χ2n) is 5.01. The highest BCUT2D eigenvalue weighted by Gasteiger charge is 2.23. The van der Waals surface area contributed by atoms with Gasteiger partial charge in [-0.25, -0.2) is 0 Å². The van der Waals surface area contributed by atoms with Crippen molar-refractivity contribution in [2.24, 2.45) is 0 Å². The molecule has 0 N–H and O–H groups in total. The van der Waals surface area contributed by atoms with Gasteiger partial charge in [-0.2, -0.15) is 0 Å². The average molecular weight is 258 g/mol. The molecular formula is C16H16ClN. The number of halogens is 1. The van der Waals surface area contributed by atoms with Crippen LogP contribution in [-0.2, 0) is 12.8 Å². The van der Waals surface area contributed by atoms with Gasteiger partial charge in [0.1, 0.15) is 0 Å². The Morgan fingerprint density at radius 3 is 2.89 bits per heavy atom. The van der Waals surface area contributed by atoms with Crippen molar-refractivity contribution in [3.63, 3.8) is 0 Å². The molecule has 0 fully saturated rings. The molecule has 18 heavy (non-hydrogen) atoms. The zero-order valence-electron chi connectivity index (χ0n) is 10.5. The lowest BCUT2D eigenvalue weighted by molar-refractivity contribution is 0.571. The molecule has 0 aliphatic heterocycles. The molecule has 0 radical (unpaired) electrons. The van der Waals surface area contributed by atoms with E-state index in [9.17, 15) is 0 Å². The molecule has 1 atom stereocenters. The lowest BCUT2D eigenvalue weighted by atomic mass is 9.81. The van der Waals surface area contributed by atoms with E-state index in [1.165, 1.54) is 28.8 Å². The third-order valence-corrected chi connectivity index (χ3v) is 4.25. The van der Waals surface area contributed by atoms with Crippen LogP contribution < -0.4 is 0 Å². The molecule has 1 unspecified atom stereocenters. The quantitative estimate of drug-likeness (QED) is 0.742. The van der Waals surface area contributed by atoms with Crippen molar-refractivity contribution in [3.05, 3.63) is 63.9 Å². The summed E-state index contributed by atoms with van der Waals surface area (Å²) in [7, 11) is 0. The number of benzene rings is 1. The second-order valence-corrected chi connectivity index (χ2v) is 5.42. The van der Waals surface area contributed by atoms with Crippen LogP contribution in [0.25, 0.3) is 0 Å². The fourth-order valence-electron chi connectivity index (χ4n) is 2.89. The van der Waals surface area contributed by atoms with E-state index in [4.69, 9.17) is 11.6 Å². The van der Waals surface area contributed by atoms with E-state index < -0.39 is 0 Å². The summed E-state index contributed by atoms with van der Waals surface area (Å²) in [5.74, 6) is 0.514. The van der Waals surface area contributed by atoms with Crippen molar-refractivity contribution in [1.82, 2.24) is 4.98 Å². The molecule has 0 amide bonds. The van der Waals surface area contributed by atoms with E-state index in [1.54, 1.807) is 0 Å². The van der Waals surface area contributed by atoms with Crippen molar-refractivity contribution in [2.75, 3.05) is 0 Å². The molecule has 3 rings (SSSR count). The second kappa shape index (κ2) is 4.74. The third kappa shape index (κ3) is 2.04. The number of hydrogen-bond acceptors (Lipinski definition) is 1. The van der Waals surface area contributed by atoms with Gasteiger partial charge in [-0.15, -0.1) is 0 Å². The van der Waals surface area contributed by atoms with Gasteiger partial charge in [0.2, 0.25) is 0 Å². The molecule has 0 saturated heterocycles. The number of aryl methyl sites for hydroxylation is 1. The fraction of sp³-hybridized carbons (Fsp3) is 0.312. The SMILES string of the molecule is Cc1ccnc2c1CCC(c1ccccc1Cl)C2. The van der Waals surface area contributed by atoms with Crippen LogP contribution in [0.1, 0.15) is 34.7 Å². The Labute approximate surface area is 113 Å². The monoisotopic (exact) mass is 257 g/mol. The summed E-state index contributed by atoms with van der Waals surface area (Å²) in [6.07, 6.45) is 5.22. The lowest BCUT2D eigenvalue weighted by Gasteiger charge is -2.25. The van der Waals surface area contributed by atoms with Gasteiger partial charge in [-0.1, -0.05) is 29.8 Å². The lowest BCUT2D eigenvalue weighted by Crippen LogP contribution is -2.15. The molecule has 0 spiro atoms. The minimum atomic E-state index is 0.514. The van der Waals surface area contributed by atoms with Crippen LogP contribution in [-0.4, -0.2) is 4.98 Å². The van der Waals surface area contributed by atoms with Crippen LogP contribution >= 0.6 is 11.6 Å².